The molecule has 1 atom stereocenters. The van der Waals surface area contributed by atoms with Crippen molar-refractivity contribution in [3.8, 4) is 11.5 Å². The Balaban J connectivity index is 1.52. The van der Waals surface area contributed by atoms with E-state index in [4.69, 9.17) is 9.47 Å². The molecule has 0 aliphatic carbocycles. The van der Waals surface area contributed by atoms with E-state index in [-0.39, 0.29) is 17.6 Å². The standard InChI is InChI=1S/C23H29NO3/c1-16-7-10-18(11-8-16)26-13-5-6-22(25)24-20-15-23(3,4)27-21-14-17(2)9-12-19(20)21/h7-12,14,20H,5-6,13,15H2,1-4H3,(H,24,25)/t20-/m1/s1. The Morgan fingerprint density at radius 1 is 1.15 bits per heavy atom. The van der Waals surface area contributed by atoms with Gasteiger partial charge in [-0.15, -0.1) is 0 Å². The molecule has 0 fully saturated rings. The van der Waals surface area contributed by atoms with Crippen molar-refractivity contribution in [2.75, 3.05) is 6.61 Å². The highest BCUT2D eigenvalue weighted by Crippen LogP contribution is 2.39. The quantitative estimate of drug-likeness (QED) is 0.740. The molecule has 0 spiro atoms. The first kappa shape index (κ1) is 19.3. The molecule has 2 aromatic rings. The maximum atomic E-state index is 12.4. The van der Waals surface area contributed by atoms with Gasteiger partial charge in [0.2, 0.25) is 5.91 Å². The molecular formula is C23H29NO3. The van der Waals surface area contributed by atoms with Crippen LogP contribution in [-0.4, -0.2) is 18.1 Å². The van der Waals surface area contributed by atoms with E-state index in [9.17, 15) is 4.79 Å². The average molecular weight is 367 g/mol. The van der Waals surface area contributed by atoms with Gasteiger partial charge in [0, 0.05) is 18.4 Å². The normalized spacial score (nSPS) is 17.6. The third-order valence-electron chi connectivity index (χ3n) is 4.80. The average Bonchev–Trinajstić information content (AvgIpc) is 2.59. The van der Waals surface area contributed by atoms with Gasteiger partial charge in [0.1, 0.15) is 17.1 Å². The van der Waals surface area contributed by atoms with Crippen LogP contribution in [0.3, 0.4) is 0 Å². The van der Waals surface area contributed by atoms with E-state index < -0.39 is 0 Å². The number of aryl methyl sites for hydroxylation is 2. The zero-order valence-corrected chi connectivity index (χ0v) is 16.7. The number of carbonyl (C=O) groups is 1. The molecule has 0 radical (unpaired) electrons. The van der Waals surface area contributed by atoms with Gasteiger partial charge < -0.3 is 14.8 Å². The predicted octanol–water partition coefficient (Wildman–Crippen LogP) is 4.88. The van der Waals surface area contributed by atoms with Crippen molar-refractivity contribution in [2.24, 2.45) is 0 Å². The molecule has 2 aromatic carbocycles. The van der Waals surface area contributed by atoms with Crippen LogP contribution in [0.2, 0.25) is 0 Å². The van der Waals surface area contributed by atoms with Crippen molar-refractivity contribution >= 4 is 5.91 Å². The lowest BCUT2D eigenvalue weighted by molar-refractivity contribution is -0.122. The fourth-order valence-electron chi connectivity index (χ4n) is 3.41. The van der Waals surface area contributed by atoms with E-state index in [0.717, 1.165) is 29.0 Å². The SMILES string of the molecule is Cc1ccc(OCCCC(=O)N[C@@H]2CC(C)(C)Oc3cc(C)ccc32)cc1. The Morgan fingerprint density at radius 2 is 1.85 bits per heavy atom. The summed E-state index contributed by atoms with van der Waals surface area (Å²) in [6.45, 7) is 8.75. The maximum Gasteiger partial charge on any atom is 0.220 e. The van der Waals surface area contributed by atoms with E-state index in [2.05, 4.69) is 31.3 Å². The van der Waals surface area contributed by atoms with Crippen LogP contribution in [0.5, 0.6) is 11.5 Å². The number of rotatable bonds is 6. The highest BCUT2D eigenvalue weighted by Gasteiger charge is 2.34. The first-order valence-electron chi connectivity index (χ1n) is 9.61. The summed E-state index contributed by atoms with van der Waals surface area (Å²) in [6.07, 6.45) is 1.90. The fourth-order valence-corrected chi connectivity index (χ4v) is 3.41. The largest absolute Gasteiger partial charge is 0.494 e. The van der Waals surface area contributed by atoms with E-state index in [0.29, 0.717) is 19.4 Å². The lowest BCUT2D eigenvalue weighted by Gasteiger charge is -2.38. The van der Waals surface area contributed by atoms with E-state index >= 15 is 0 Å². The van der Waals surface area contributed by atoms with Crippen LogP contribution in [0.15, 0.2) is 42.5 Å². The molecule has 1 heterocycles. The van der Waals surface area contributed by atoms with Crippen LogP contribution in [0.1, 0.15) is 55.8 Å². The second-order valence-electron chi connectivity index (χ2n) is 7.99. The lowest BCUT2D eigenvalue weighted by atomic mass is 9.89. The summed E-state index contributed by atoms with van der Waals surface area (Å²) in [7, 11) is 0. The molecule has 3 rings (SSSR count). The number of fused-ring (bicyclic) bond motifs is 1. The summed E-state index contributed by atoms with van der Waals surface area (Å²) >= 11 is 0. The van der Waals surface area contributed by atoms with Gasteiger partial charge in [-0.3, -0.25) is 4.79 Å². The number of nitrogens with one attached hydrogen (secondary N) is 1. The topological polar surface area (TPSA) is 47.6 Å². The number of hydrogen-bond acceptors (Lipinski definition) is 3. The van der Waals surface area contributed by atoms with Crippen molar-refractivity contribution in [2.45, 2.75) is 58.6 Å². The molecule has 1 aliphatic rings. The monoisotopic (exact) mass is 367 g/mol. The predicted molar refractivity (Wildman–Crippen MR) is 107 cm³/mol. The first-order chi connectivity index (χ1) is 12.8. The maximum absolute atomic E-state index is 12.4. The second-order valence-corrected chi connectivity index (χ2v) is 7.99. The smallest absolute Gasteiger partial charge is 0.220 e. The van der Waals surface area contributed by atoms with Gasteiger partial charge >= 0.3 is 0 Å². The minimum Gasteiger partial charge on any atom is -0.494 e. The first-order valence-corrected chi connectivity index (χ1v) is 9.61. The molecule has 1 aliphatic heterocycles. The van der Waals surface area contributed by atoms with Gasteiger partial charge in [-0.05, 0) is 57.9 Å². The number of hydrogen-bond donors (Lipinski definition) is 1. The molecule has 0 unspecified atom stereocenters. The van der Waals surface area contributed by atoms with Crippen LogP contribution < -0.4 is 14.8 Å². The third kappa shape index (κ3) is 5.25. The van der Waals surface area contributed by atoms with Crippen molar-refractivity contribution in [1.29, 1.82) is 0 Å². The van der Waals surface area contributed by atoms with Gasteiger partial charge in [0.05, 0.1) is 12.6 Å². The minimum atomic E-state index is -0.298. The summed E-state index contributed by atoms with van der Waals surface area (Å²) in [5, 5.41) is 3.18. The summed E-state index contributed by atoms with van der Waals surface area (Å²) in [6, 6.07) is 14.1. The molecule has 1 N–H and O–H groups in total. The molecule has 27 heavy (non-hydrogen) atoms. The second kappa shape index (κ2) is 8.03. The number of amides is 1. The molecule has 4 nitrogen and oxygen atoms in total. The summed E-state index contributed by atoms with van der Waals surface area (Å²) < 4.78 is 11.8. The zero-order valence-electron chi connectivity index (χ0n) is 16.7. The van der Waals surface area contributed by atoms with Crippen LogP contribution in [0.25, 0.3) is 0 Å². The van der Waals surface area contributed by atoms with Gasteiger partial charge in [0.25, 0.3) is 0 Å². The molecule has 144 valence electrons. The Labute approximate surface area is 161 Å². The summed E-state index contributed by atoms with van der Waals surface area (Å²) in [4.78, 5) is 12.4. The minimum absolute atomic E-state index is 0.0186. The number of carbonyl (C=O) groups excluding carboxylic acids is 1. The van der Waals surface area contributed by atoms with Crippen molar-refractivity contribution < 1.29 is 14.3 Å². The lowest BCUT2D eigenvalue weighted by Crippen LogP contribution is -2.41. The Bertz CT molecular complexity index is 796. The van der Waals surface area contributed by atoms with E-state index in [1.807, 2.05) is 44.2 Å². The highest BCUT2D eigenvalue weighted by molar-refractivity contribution is 5.76. The van der Waals surface area contributed by atoms with Crippen LogP contribution in [-0.2, 0) is 4.79 Å². The Kier molecular flexibility index (Phi) is 5.73. The number of benzene rings is 2. The molecule has 0 bridgehead atoms. The van der Waals surface area contributed by atoms with Gasteiger partial charge in [0.15, 0.2) is 0 Å². The van der Waals surface area contributed by atoms with Crippen LogP contribution >= 0.6 is 0 Å². The van der Waals surface area contributed by atoms with Gasteiger partial charge in [-0.2, -0.15) is 0 Å². The molecule has 0 aromatic heterocycles. The van der Waals surface area contributed by atoms with Crippen LogP contribution in [0, 0.1) is 13.8 Å². The van der Waals surface area contributed by atoms with Crippen LogP contribution in [0.4, 0.5) is 0 Å². The number of ether oxygens (including phenoxy) is 2. The highest BCUT2D eigenvalue weighted by atomic mass is 16.5. The molecule has 0 saturated carbocycles. The molecular weight excluding hydrogens is 338 g/mol. The Hall–Kier alpha value is -2.49. The summed E-state index contributed by atoms with van der Waals surface area (Å²) in [5.41, 5.74) is 3.12. The third-order valence-corrected chi connectivity index (χ3v) is 4.80. The fraction of sp³-hybridized carbons (Fsp3) is 0.435. The zero-order chi connectivity index (χ0) is 19.4. The van der Waals surface area contributed by atoms with Crippen molar-refractivity contribution in [1.82, 2.24) is 5.32 Å². The van der Waals surface area contributed by atoms with E-state index in [1.54, 1.807) is 0 Å². The molecule has 4 heteroatoms. The Morgan fingerprint density at radius 3 is 2.59 bits per heavy atom. The van der Waals surface area contributed by atoms with Crippen molar-refractivity contribution in [3.05, 3.63) is 59.2 Å². The van der Waals surface area contributed by atoms with Crippen molar-refractivity contribution in [3.63, 3.8) is 0 Å². The van der Waals surface area contributed by atoms with Gasteiger partial charge in [-0.1, -0.05) is 29.8 Å². The molecule has 1 amide bonds. The van der Waals surface area contributed by atoms with E-state index in [1.165, 1.54) is 5.56 Å². The van der Waals surface area contributed by atoms with Gasteiger partial charge in [-0.25, -0.2) is 0 Å². The molecule has 0 saturated heterocycles. The summed E-state index contributed by atoms with van der Waals surface area (Å²) in [5.74, 6) is 1.77.